The summed E-state index contributed by atoms with van der Waals surface area (Å²) in [5.41, 5.74) is 0.554. The predicted octanol–water partition coefficient (Wildman–Crippen LogP) is 3.84. The smallest absolute Gasteiger partial charge is 0.306 e. The lowest BCUT2D eigenvalue weighted by Gasteiger charge is -2.27. The van der Waals surface area contributed by atoms with Crippen molar-refractivity contribution in [3.8, 4) is 0 Å². The number of carboxylic acids is 1. The van der Waals surface area contributed by atoms with E-state index < -0.39 is 5.97 Å². The lowest BCUT2D eigenvalue weighted by Crippen LogP contribution is -2.21. The van der Waals surface area contributed by atoms with E-state index in [0.717, 1.165) is 0 Å². The Labute approximate surface area is 104 Å². The third-order valence-electron chi connectivity index (χ3n) is 3.48. The molecule has 1 N–H and O–H groups in total. The first-order chi connectivity index (χ1) is 8.09. The maximum atomic E-state index is 13.7. The van der Waals surface area contributed by atoms with E-state index in [-0.39, 0.29) is 17.7 Å². The van der Waals surface area contributed by atoms with Gasteiger partial charge < -0.3 is 5.11 Å². The molecule has 4 heteroatoms. The highest BCUT2D eigenvalue weighted by Crippen LogP contribution is 2.39. The topological polar surface area (TPSA) is 37.3 Å². The molecule has 0 amide bonds. The minimum Gasteiger partial charge on any atom is -0.481 e. The van der Waals surface area contributed by atoms with Crippen molar-refractivity contribution in [1.82, 2.24) is 0 Å². The average Bonchev–Trinajstić information content (AvgIpc) is 2.29. The summed E-state index contributed by atoms with van der Waals surface area (Å²) in [5.74, 6) is -1.25. The Morgan fingerprint density at radius 2 is 1.94 bits per heavy atom. The maximum absolute atomic E-state index is 13.7. The lowest BCUT2D eigenvalue weighted by molar-refractivity contribution is -0.142. The summed E-state index contributed by atoms with van der Waals surface area (Å²) in [4.78, 5) is 10.8. The van der Waals surface area contributed by atoms with Gasteiger partial charge in [-0.25, -0.2) is 4.39 Å². The molecule has 0 aromatic heterocycles. The maximum Gasteiger partial charge on any atom is 0.306 e. The normalized spacial score (nSPS) is 24.6. The fourth-order valence-electron chi connectivity index (χ4n) is 2.53. The second kappa shape index (κ2) is 5.05. The van der Waals surface area contributed by atoms with Gasteiger partial charge >= 0.3 is 5.97 Å². The molecule has 0 spiro atoms. The zero-order chi connectivity index (χ0) is 12.4. The first kappa shape index (κ1) is 12.4. The number of rotatable bonds is 2. The minimum absolute atomic E-state index is 0.0549. The molecule has 0 aliphatic heterocycles. The van der Waals surface area contributed by atoms with Crippen LogP contribution in [0.1, 0.15) is 37.2 Å². The molecule has 0 saturated heterocycles. The van der Waals surface area contributed by atoms with Crippen LogP contribution in [0.15, 0.2) is 18.2 Å². The van der Waals surface area contributed by atoms with Gasteiger partial charge in [0.05, 0.1) is 5.92 Å². The number of aliphatic carboxylic acids is 1. The van der Waals surface area contributed by atoms with Crippen LogP contribution in [0.5, 0.6) is 0 Å². The summed E-state index contributed by atoms with van der Waals surface area (Å²) >= 11 is 6.01. The standard InChI is InChI=1S/C13H14ClFO2/c14-10-2-1-3-11(15)12(10)8-4-6-9(7-5-8)13(16)17/h1-3,8-9H,4-7H2,(H,16,17). The van der Waals surface area contributed by atoms with Gasteiger partial charge in [-0.15, -0.1) is 0 Å². The van der Waals surface area contributed by atoms with Crippen molar-refractivity contribution in [2.75, 3.05) is 0 Å². The van der Waals surface area contributed by atoms with E-state index in [1.54, 1.807) is 12.1 Å². The van der Waals surface area contributed by atoms with Crippen LogP contribution in [0.3, 0.4) is 0 Å². The van der Waals surface area contributed by atoms with E-state index in [9.17, 15) is 9.18 Å². The van der Waals surface area contributed by atoms with Crippen molar-refractivity contribution in [2.24, 2.45) is 5.92 Å². The van der Waals surface area contributed by atoms with Crippen LogP contribution in [0, 0.1) is 11.7 Å². The Bertz CT molecular complexity index is 405. The average molecular weight is 257 g/mol. The summed E-state index contributed by atoms with van der Waals surface area (Å²) < 4.78 is 13.7. The Morgan fingerprint density at radius 1 is 1.29 bits per heavy atom. The molecule has 92 valence electrons. The molecule has 1 aliphatic rings. The van der Waals surface area contributed by atoms with E-state index in [2.05, 4.69) is 0 Å². The van der Waals surface area contributed by atoms with E-state index in [4.69, 9.17) is 16.7 Å². The second-order valence-corrected chi connectivity index (χ2v) is 4.93. The molecule has 2 rings (SSSR count). The Kier molecular flexibility index (Phi) is 3.67. The van der Waals surface area contributed by atoms with Crippen LogP contribution in [0.2, 0.25) is 5.02 Å². The van der Waals surface area contributed by atoms with Gasteiger partial charge in [0.1, 0.15) is 5.82 Å². The van der Waals surface area contributed by atoms with Crippen molar-refractivity contribution in [2.45, 2.75) is 31.6 Å². The zero-order valence-corrected chi connectivity index (χ0v) is 10.1. The van der Waals surface area contributed by atoms with Gasteiger partial charge in [0.2, 0.25) is 0 Å². The lowest BCUT2D eigenvalue weighted by atomic mass is 9.78. The summed E-state index contributed by atoms with van der Waals surface area (Å²) in [6.07, 6.45) is 2.59. The molecular formula is C13H14ClFO2. The van der Waals surface area contributed by atoms with Crippen molar-refractivity contribution < 1.29 is 14.3 Å². The highest BCUT2D eigenvalue weighted by molar-refractivity contribution is 6.31. The zero-order valence-electron chi connectivity index (χ0n) is 9.33. The van der Waals surface area contributed by atoms with Crippen LogP contribution < -0.4 is 0 Å². The van der Waals surface area contributed by atoms with Gasteiger partial charge in [-0.1, -0.05) is 17.7 Å². The third-order valence-corrected chi connectivity index (χ3v) is 3.81. The number of carbonyl (C=O) groups is 1. The van der Waals surface area contributed by atoms with Gasteiger partial charge in [0, 0.05) is 10.6 Å². The van der Waals surface area contributed by atoms with E-state index >= 15 is 0 Å². The molecule has 1 saturated carbocycles. The molecule has 0 atom stereocenters. The molecule has 1 aromatic carbocycles. The van der Waals surface area contributed by atoms with Gasteiger partial charge in [-0.05, 0) is 43.7 Å². The molecule has 2 nitrogen and oxygen atoms in total. The number of carboxylic acid groups (broad SMARTS) is 1. The van der Waals surface area contributed by atoms with E-state index in [0.29, 0.717) is 36.3 Å². The van der Waals surface area contributed by atoms with Gasteiger partial charge in [-0.3, -0.25) is 4.79 Å². The van der Waals surface area contributed by atoms with Gasteiger partial charge in [-0.2, -0.15) is 0 Å². The van der Waals surface area contributed by atoms with Crippen molar-refractivity contribution in [3.63, 3.8) is 0 Å². The first-order valence-electron chi connectivity index (χ1n) is 5.76. The summed E-state index contributed by atoms with van der Waals surface area (Å²) in [6, 6.07) is 4.68. The third kappa shape index (κ3) is 2.60. The Morgan fingerprint density at radius 3 is 2.47 bits per heavy atom. The molecule has 0 radical (unpaired) electrons. The van der Waals surface area contributed by atoms with Crippen LogP contribution in [-0.2, 0) is 4.79 Å². The molecule has 1 aliphatic carbocycles. The van der Waals surface area contributed by atoms with Crippen molar-refractivity contribution in [3.05, 3.63) is 34.6 Å². The summed E-state index contributed by atoms with van der Waals surface area (Å²) in [5, 5.41) is 9.35. The Hall–Kier alpha value is -1.09. The Balaban J connectivity index is 2.13. The van der Waals surface area contributed by atoms with Crippen LogP contribution in [0.4, 0.5) is 4.39 Å². The molecule has 0 unspecified atom stereocenters. The summed E-state index contributed by atoms with van der Waals surface area (Å²) in [7, 11) is 0. The van der Waals surface area contributed by atoms with Crippen LogP contribution >= 0.6 is 11.6 Å². The molecule has 1 fully saturated rings. The molecule has 1 aromatic rings. The number of halogens is 2. The van der Waals surface area contributed by atoms with Gasteiger partial charge in [0.15, 0.2) is 0 Å². The molecular weight excluding hydrogens is 243 g/mol. The number of benzene rings is 1. The number of hydrogen-bond acceptors (Lipinski definition) is 1. The largest absolute Gasteiger partial charge is 0.481 e. The molecule has 0 bridgehead atoms. The predicted molar refractivity (Wildman–Crippen MR) is 63.7 cm³/mol. The van der Waals surface area contributed by atoms with E-state index in [1.165, 1.54) is 6.07 Å². The van der Waals surface area contributed by atoms with Crippen molar-refractivity contribution in [1.29, 1.82) is 0 Å². The fourth-order valence-corrected chi connectivity index (χ4v) is 2.85. The highest BCUT2D eigenvalue weighted by atomic mass is 35.5. The first-order valence-corrected chi connectivity index (χ1v) is 6.14. The number of hydrogen-bond donors (Lipinski definition) is 1. The van der Waals surface area contributed by atoms with Crippen molar-refractivity contribution >= 4 is 17.6 Å². The molecule has 0 heterocycles. The quantitative estimate of drug-likeness (QED) is 0.873. The van der Waals surface area contributed by atoms with E-state index in [1.807, 2.05) is 0 Å². The monoisotopic (exact) mass is 256 g/mol. The summed E-state index contributed by atoms with van der Waals surface area (Å²) in [6.45, 7) is 0. The highest BCUT2D eigenvalue weighted by Gasteiger charge is 2.29. The van der Waals surface area contributed by atoms with Gasteiger partial charge in [0.25, 0.3) is 0 Å². The fraction of sp³-hybridized carbons (Fsp3) is 0.462. The molecule has 17 heavy (non-hydrogen) atoms. The second-order valence-electron chi connectivity index (χ2n) is 4.52. The minimum atomic E-state index is -0.747. The van der Waals surface area contributed by atoms with Crippen LogP contribution in [-0.4, -0.2) is 11.1 Å². The SMILES string of the molecule is O=C(O)C1CCC(c2c(F)cccc2Cl)CC1. The van der Waals surface area contributed by atoms with Crippen LogP contribution in [0.25, 0.3) is 0 Å².